The number of carbonyl (C=O) groups is 2. The summed E-state index contributed by atoms with van der Waals surface area (Å²) in [6.07, 6.45) is -4.32. The molecule has 2 unspecified atom stereocenters. The van der Waals surface area contributed by atoms with E-state index < -0.39 is 42.5 Å². The summed E-state index contributed by atoms with van der Waals surface area (Å²) < 4.78 is 36.6. The van der Waals surface area contributed by atoms with E-state index in [1.54, 1.807) is 20.8 Å². The van der Waals surface area contributed by atoms with E-state index in [0.29, 0.717) is 0 Å². The first-order valence-electron chi connectivity index (χ1n) is 6.69. The normalized spacial score (nSPS) is 21.2. The Labute approximate surface area is 122 Å². The zero-order valence-electron chi connectivity index (χ0n) is 12.3. The van der Waals surface area contributed by atoms with E-state index in [9.17, 15) is 18.4 Å². The molecule has 122 valence electrons. The monoisotopic (exact) mass is 309 g/mol. The van der Waals surface area contributed by atoms with Crippen LogP contribution in [0.2, 0.25) is 0 Å². The molecule has 1 saturated heterocycles. The van der Waals surface area contributed by atoms with Crippen LogP contribution in [0.5, 0.6) is 0 Å². The first kappa shape index (κ1) is 17.6. The standard InChI is InChI=1S/C13H21F2NO5/c1-13(2,3)21-12(19)16-4-5-20-7-9(16)8(11(14)15)6-10(17)18/h8-9,11H,4-7H2,1-3H3,(H,17,18). The second kappa shape index (κ2) is 7.02. The quantitative estimate of drug-likeness (QED) is 0.859. The molecular weight excluding hydrogens is 288 g/mol. The number of nitrogens with zero attached hydrogens (tertiary/aromatic N) is 1. The summed E-state index contributed by atoms with van der Waals surface area (Å²) >= 11 is 0. The highest BCUT2D eigenvalue weighted by Gasteiger charge is 2.41. The van der Waals surface area contributed by atoms with Gasteiger partial charge in [-0.15, -0.1) is 0 Å². The minimum absolute atomic E-state index is 0.0996. The Morgan fingerprint density at radius 1 is 1.43 bits per heavy atom. The van der Waals surface area contributed by atoms with Crippen LogP contribution in [-0.4, -0.2) is 59.9 Å². The zero-order chi connectivity index (χ0) is 16.2. The van der Waals surface area contributed by atoms with Crippen molar-refractivity contribution >= 4 is 12.1 Å². The second-order valence-electron chi connectivity index (χ2n) is 5.91. The number of carboxylic acids is 1. The lowest BCUT2D eigenvalue weighted by Crippen LogP contribution is -2.55. The molecule has 0 saturated carbocycles. The van der Waals surface area contributed by atoms with Gasteiger partial charge >= 0.3 is 12.1 Å². The third-order valence-corrected chi connectivity index (χ3v) is 3.02. The maximum Gasteiger partial charge on any atom is 0.410 e. The molecule has 21 heavy (non-hydrogen) atoms. The largest absolute Gasteiger partial charge is 0.481 e. The van der Waals surface area contributed by atoms with Gasteiger partial charge in [-0.05, 0) is 20.8 Å². The molecule has 6 nitrogen and oxygen atoms in total. The Hall–Kier alpha value is -1.44. The van der Waals surface area contributed by atoms with Crippen LogP contribution in [0.1, 0.15) is 27.2 Å². The molecule has 1 fully saturated rings. The molecular formula is C13H21F2NO5. The fourth-order valence-electron chi connectivity index (χ4n) is 2.12. The molecule has 1 heterocycles. The fraction of sp³-hybridized carbons (Fsp3) is 0.846. The number of hydrogen-bond acceptors (Lipinski definition) is 4. The Kier molecular flexibility index (Phi) is 5.88. The van der Waals surface area contributed by atoms with E-state index >= 15 is 0 Å². The Bertz CT molecular complexity index is 383. The number of hydrogen-bond donors (Lipinski definition) is 1. The Morgan fingerprint density at radius 3 is 2.52 bits per heavy atom. The molecule has 1 aliphatic rings. The lowest BCUT2D eigenvalue weighted by atomic mass is 9.95. The number of aliphatic carboxylic acids is 1. The van der Waals surface area contributed by atoms with E-state index in [0.717, 1.165) is 4.90 Å². The van der Waals surface area contributed by atoms with Crippen LogP contribution in [0.3, 0.4) is 0 Å². The maximum atomic E-state index is 13.1. The predicted molar refractivity (Wildman–Crippen MR) is 69.3 cm³/mol. The van der Waals surface area contributed by atoms with Gasteiger partial charge in [-0.3, -0.25) is 4.79 Å². The highest BCUT2D eigenvalue weighted by atomic mass is 19.3. The summed E-state index contributed by atoms with van der Waals surface area (Å²) in [5.41, 5.74) is -0.757. The summed E-state index contributed by atoms with van der Waals surface area (Å²) in [5, 5.41) is 8.77. The highest BCUT2D eigenvalue weighted by molar-refractivity contribution is 5.70. The lowest BCUT2D eigenvalue weighted by molar-refractivity contribution is -0.142. The van der Waals surface area contributed by atoms with Gasteiger partial charge < -0.3 is 19.5 Å². The molecule has 0 spiro atoms. The SMILES string of the molecule is CC(C)(C)OC(=O)N1CCOCC1C(CC(=O)O)C(F)F. The zero-order valence-corrected chi connectivity index (χ0v) is 12.3. The van der Waals surface area contributed by atoms with E-state index in [2.05, 4.69) is 0 Å². The predicted octanol–water partition coefficient (Wildman–Crippen LogP) is 1.98. The molecule has 0 radical (unpaired) electrons. The van der Waals surface area contributed by atoms with Crippen LogP contribution in [0, 0.1) is 5.92 Å². The van der Waals surface area contributed by atoms with Gasteiger partial charge in [-0.1, -0.05) is 0 Å². The van der Waals surface area contributed by atoms with E-state index in [4.69, 9.17) is 14.6 Å². The number of ether oxygens (including phenoxy) is 2. The molecule has 1 aliphatic heterocycles. The van der Waals surface area contributed by atoms with Crippen molar-refractivity contribution in [3.63, 3.8) is 0 Å². The number of amides is 1. The van der Waals surface area contributed by atoms with Crippen molar-refractivity contribution in [2.75, 3.05) is 19.8 Å². The van der Waals surface area contributed by atoms with Gasteiger partial charge in [0, 0.05) is 6.54 Å². The molecule has 1 N–H and O–H groups in total. The van der Waals surface area contributed by atoms with E-state index in [1.165, 1.54) is 0 Å². The van der Waals surface area contributed by atoms with Crippen molar-refractivity contribution in [1.29, 1.82) is 0 Å². The highest BCUT2D eigenvalue weighted by Crippen LogP contribution is 2.26. The van der Waals surface area contributed by atoms with Crippen LogP contribution in [0.4, 0.5) is 13.6 Å². The average molecular weight is 309 g/mol. The van der Waals surface area contributed by atoms with Crippen molar-refractivity contribution in [1.82, 2.24) is 4.90 Å². The summed E-state index contributed by atoms with van der Waals surface area (Å²) in [6, 6.07) is -1.01. The number of morpholine rings is 1. The van der Waals surface area contributed by atoms with Crippen molar-refractivity contribution in [3.05, 3.63) is 0 Å². The van der Waals surface area contributed by atoms with Gasteiger partial charge in [-0.25, -0.2) is 13.6 Å². The van der Waals surface area contributed by atoms with Crippen molar-refractivity contribution in [2.24, 2.45) is 5.92 Å². The first-order chi connectivity index (χ1) is 9.61. The number of carbonyl (C=O) groups excluding carboxylic acids is 1. The maximum absolute atomic E-state index is 13.1. The lowest BCUT2D eigenvalue weighted by Gasteiger charge is -2.39. The molecule has 8 heteroatoms. The van der Waals surface area contributed by atoms with Crippen LogP contribution >= 0.6 is 0 Å². The molecule has 0 aliphatic carbocycles. The van der Waals surface area contributed by atoms with Crippen molar-refractivity contribution < 1.29 is 33.0 Å². The Morgan fingerprint density at radius 2 is 2.05 bits per heavy atom. The molecule has 2 atom stereocenters. The number of alkyl halides is 2. The van der Waals surface area contributed by atoms with Gasteiger partial charge in [0.15, 0.2) is 0 Å². The number of halogens is 2. The van der Waals surface area contributed by atoms with Gasteiger partial charge in [-0.2, -0.15) is 0 Å². The Balaban J connectivity index is 2.88. The minimum Gasteiger partial charge on any atom is -0.481 e. The van der Waals surface area contributed by atoms with E-state index in [1.807, 2.05) is 0 Å². The van der Waals surface area contributed by atoms with E-state index in [-0.39, 0.29) is 19.8 Å². The van der Waals surface area contributed by atoms with Crippen LogP contribution in [0.15, 0.2) is 0 Å². The third-order valence-electron chi connectivity index (χ3n) is 3.02. The van der Waals surface area contributed by atoms with Gasteiger partial charge in [0.25, 0.3) is 0 Å². The number of rotatable bonds is 4. The molecule has 0 aromatic rings. The first-order valence-corrected chi connectivity index (χ1v) is 6.69. The summed E-state index contributed by atoms with van der Waals surface area (Å²) in [7, 11) is 0. The van der Waals surface area contributed by atoms with Crippen LogP contribution in [-0.2, 0) is 14.3 Å². The molecule has 1 rings (SSSR count). The molecule has 0 aromatic carbocycles. The van der Waals surface area contributed by atoms with Crippen LogP contribution in [0.25, 0.3) is 0 Å². The third kappa shape index (κ3) is 5.45. The average Bonchev–Trinajstić information content (AvgIpc) is 2.33. The van der Waals surface area contributed by atoms with Crippen molar-refractivity contribution in [2.45, 2.75) is 45.3 Å². The summed E-state index contributed by atoms with van der Waals surface area (Å²) in [4.78, 5) is 24.0. The smallest absolute Gasteiger partial charge is 0.410 e. The minimum atomic E-state index is -2.86. The number of carboxylic acid groups (broad SMARTS) is 1. The van der Waals surface area contributed by atoms with Gasteiger partial charge in [0.1, 0.15) is 5.60 Å². The molecule has 0 aromatic heterocycles. The topological polar surface area (TPSA) is 76.1 Å². The van der Waals surface area contributed by atoms with Crippen LogP contribution < -0.4 is 0 Å². The summed E-state index contributed by atoms with van der Waals surface area (Å²) in [6.45, 7) is 5.19. The summed E-state index contributed by atoms with van der Waals surface area (Å²) in [5.74, 6) is -2.83. The second-order valence-corrected chi connectivity index (χ2v) is 5.91. The van der Waals surface area contributed by atoms with Gasteiger partial charge in [0.2, 0.25) is 6.43 Å². The molecule has 1 amide bonds. The van der Waals surface area contributed by atoms with Crippen molar-refractivity contribution in [3.8, 4) is 0 Å². The van der Waals surface area contributed by atoms with Gasteiger partial charge in [0.05, 0.1) is 31.6 Å². The fourth-order valence-corrected chi connectivity index (χ4v) is 2.12. The molecule has 0 bridgehead atoms.